The molecule has 168 valence electrons. The highest BCUT2D eigenvalue weighted by atomic mass is 127. The van der Waals surface area contributed by atoms with Crippen LogP contribution in [0.3, 0.4) is 0 Å². The van der Waals surface area contributed by atoms with Crippen molar-refractivity contribution in [2.75, 3.05) is 4.90 Å². The van der Waals surface area contributed by atoms with Crippen molar-refractivity contribution >= 4 is 75.4 Å². The number of amides is 4. The van der Waals surface area contributed by atoms with Crippen LogP contribution in [0.1, 0.15) is 22.5 Å². The van der Waals surface area contributed by atoms with Crippen LogP contribution in [0.5, 0.6) is 0 Å². The number of rotatable bonds is 3. The number of nitrogens with zero attached hydrogens (tertiary/aromatic N) is 2. The molecule has 3 aromatic rings. The van der Waals surface area contributed by atoms with E-state index in [9.17, 15) is 14.4 Å². The number of carbonyl (C=O) groups is 3. The Morgan fingerprint density at radius 1 is 0.970 bits per heavy atom. The van der Waals surface area contributed by atoms with E-state index in [0.717, 1.165) is 31.1 Å². The number of barbiturate groups is 1. The number of benzene rings is 2. The Morgan fingerprint density at radius 2 is 1.70 bits per heavy atom. The largest absolute Gasteiger partial charge is 0.335 e. The van der Waals surface area contributed by atoms with Crippen molar-refractivity contribution in [1.82, 2.24) is 9.88 Å². The van der Waals surface area contributed by atoms with E-state index in [1.807, 2.05) is 39.0 Å². The lowest BCUT2D eigenvalue weighted by molar-refractivity contribution is -0.122. The van der Waals surface area contributed by atoms with Crippen LogP contribution in [0.2, 0.25) is 10.0 Å². The van der Waals surface area contributed by atoms with Gasteiger partial charge in [-0.3, -0.25) is 14.9 Å². The van der Waals surface area contributed by atoms with E-state index in [1.165, 1.54) is 24.3 Å². The Labute approximate surface area is 214 Å². The lowest BCUT2D eigenvalue weighted by Crippen LogP contribution is -2.54. The molecule has 9 heteroatoms. The zero-order valence-electron chi connectivity index (χ0n) is 17.9. The molecule has 1 fully saturated rings. The highest BCUT2D eigenvalue weighted by molar-refractivity contribution is 14.1. The van der Waals surface area contributed by atoms with Gasteiger partial charge in [0.25, 0.3) is 11.8 Å². The molecule has 0 bridgehead atoms. The van der Waals surface area contributed by atoms with Gasteiger partial charge in [0.2, 0.25) is 0 Å². The summed E-state index contributed by atoms with van der Waals surface area (Å²) in [6.45, 7) is 5.91. The normalized spacial score (nSPS) is 15.4. The molecule has 1 aromatic heterocycles. The maximum atomic E-state index is 13.2. The number of halogens is 3. The molecule has 1 saturated heterocycles. The molecular formula is C24H18Cl2IN3O3. The van der Waals surface area contributed by atoms with E-state index in [0.29, 0.717) is 10.6 Å². The number of hydrogen-bond donors (Lipinski definition) is 1. The highest BCUT2D eigenvalue weighted by Gasteiger charge is 2.38. The third-order valence-electron chi connectivity index (χ3n) is 5.42. The third kappa shape index (κ3) is 4.32. The smallest absolute Gasteiger partial charge is 0.318 e. The summed E-state index contributed by atoms with van der Waals surface area (Å²) in [4.78, 5) is 39.1. The van der Waals surface area contributed by atoms with Crippen molar-refractivity contribution in [3.8, 4) is 5.69 Å². The molecule has 1 aliphatic rings. The average Bonchev–Trinajstić information content (AvgIpc) is 3.02. The second kappa shape index (κ2) is 8.96. The second-order valence-corrected chi connectivity index (χ2v) is 9.65. The second-order valence-electron chi connectivity index (χ2n) is 7.65. The third-order valence-corrected chi connectivity index (χ3v) is 7.17. The van der Waals surface area contributed by atoms with Gasteiger partial charge < -0.3 is 4.57 Å². The van der Waals surface area contributed by atoms with Crippen LogP contribution < -0.4 is 10.2 Å². The van der Waals surface area contributed by atoms with Gasteiger partial charge in [-0.05, 0) is 103 Å². The van der Waals surface area contributed by atoms with E-state index in [-0.39, 0.29) is 16.3 Å². The van der Waals surface area contributed by atoms with Gasteiger partial charge in [-0.25, -0.2) is 9.69 Å². The first-order valence-electron chi connectivity index (χ1n) is 9.90. The van der Waals surface area contributed by atoms with Crippen LogP contribution in [0.25, 0.3) is 11.8 Å². The summed E-state index contributed by atoms with van der Waals surface area (Å²) in [5.41, 5.74) is 4.60. The van der Waals surface area contributed by atoms with E-state index < -0.39 is 17.8 Å². The van der Waals surface area contributed by atoms with Crippen molar-refractivity contribution in [1.29, 1.82) is 0 Å². The molecule has 1 N–H and O–H groups in total. The maximum absolute atomic E-state index is 13.2. The minimum Gasteiger partial charge on any atom is -0.318 e. The molecular weight excluding hydrogens is 576 g/mol. The number of imide groups is 2. The van der Waals surface area contributed by atoms with Gasteiger partial charge in [0.1, 0.15) is 5.57 Å². The van der Waals surface area contributed by atoms with Crippen molar-refractivity contribution in [2.24, 2.45) is 0 Å². The van der Waals surface area contributed by atoms with Gasteiger partial charge in [-0.15, -0.1) is 0 Å². The van der Waals surface area contributed by atoms with Crippen LogP contribution in [0, 0.1) is 24.3 Å². The zero-order valence-corrected chi connectivity index (χ0v) is 21.5. The van der Waals surface area contributed by atoms with Gasteiger partial charge in [0.15, 0.2) is 0 Å². The van der Waals surface area contributed by atoms with E-state index in [2.05, 4.69) is 38.5 Å². The molecule has 0 radical (unpaired) electrons. The van der Waals surface area contributed by atoms with Crippen LogP contribution in [0.4, 0.5) is 10.5 Å². The van der Waals surface area contributed by atoms with E-state index in [1.54, 1.807) is 0 Å². The minimum absolute atomic E-state index is 0.118. The number of nitrogens with one attached hydrogen (secondary N) is 1. The number of aromatic nitrogens is 1. The summed E-state index contributed by atoms with van der Waals surface area (Å²) in [5, 5.41) is 2.69. The monoisotopic (exact) mass is 593 g/mol. The Bertz CT molecular complexity index is 1380. The predicted molar refractivity (Wildman–Crippen MR) is 138 cm³/mol. The van der Waals surface area contributed by atoms with Crippen LogP contribution in [-0.2, 0) is 9.59 Å². The number of hydrogen-bond acceptors (Lipinski definition) is 3. The van der Waals surface area contributed by atoms with Gasteiger partial charge in [-0.1, -0.05) is 23.2 Å². The molecule has 2 heterocycles. The van der Waals surface area contributed by atoms with Crippen molar-refractivity contribution < 1.29 is 14.4 Å². The van der Waals surface area contributed by atoms with Crippen molar-refractivity contribution in [3.63, 3.8) is 0 Å². The van der Waals surface area contributed by atoms with Crippen LogP contribution >= 0.6 is 45.8 Å². The predicted octanol–water partition coefficient (Wildman–Crippen LogP) is 5.98. The summed E-state index contributed by atoms with van der Waals surface area (Å²) < 4.78 is 3.22. The first-order chi connectivity index (χ1) is 15.6. The van der Waals surface area contributed by atoms with E-state index in [4.69, 9.17) is 23.2 Å². The topological polar surface area (TPSA) is 71.4 Å². The quantitative estimate of drug-likeness (QED) is 0.231. The highest BCUT2D eigenvalue weighted by Crippen LogP contribution is 2.32. The molecule has 0 saturated carbocycles. The lowest BCUT2D eigenvalue weighted by Gasteiger charge is -2.27. The Balaban J connectivity index is 1.78. The van der Waals surface area contributed by atoms with Gasteiger partial charge >= 0.3 is 6.03 Å². The standard InChI is InChI=1S/C24H18Cl2IN3O3/c1-12-8-17(5-6-20(12)27)29-13(2)9-15(14(29)3)10-18-22(31)28-24(33)30(23(18)32)21-7-4-16(25)11-19(21)26/h4-11H,1-3H3,(H,28,31,33)/b18-10+. The molecule has 4 rings (SSSR count). The number of anilines is 1. The molecule has 0 atom stereocenters. The summed E-state index contributed by atoms with van der Waals surface area (Å²) in [6, 6.07) is 11.6. The zero-order chi connectivity index (χ0) is 24.0. The van der Waals surface area contributed by atoms with Gasteiger partial charge in [0, 0.05) is 25.7 Å². The fraction of sp³-hybridized carbons (Fsp3) is 0.125. The minimum atomic E-state index is -0.869. The van der Waals surface area contributed by atoms with Gasteiger partial charge in [-0.2, -0.15) is 0 Å². The number of carbonyl (C=O) groups excluding carboxylic acids is 3. The summed E-state index contributed by atoms with van der Waals surface area (Å²) >= 11 is 14.4. The van der Waals surface area contributed by atoms with E-state index >= 15 is 0 Å². The Kier molecular flexibility index (Phi) is 6.39. The summed E-state index contributed by atoms with van der Waals surface area (Å²) in [7, 11) is 0. The first-order valence-corrected chi connectivity index (χ1v) is 11.7. The molecule has 2 aromatic carbocycles. The molecule has 33 heavy (non-hydrogen) atoms. The molecule has 0 aliphatic carbocycles. The number of urea groups is 1. The van der Waals surface area contributed by atoms with Crippen LogP contribution in [-0.4, -0.2) is 22.4 Å². The summed E-state index contributed by atoms with van der Waals surface area (Å²) in [6.07, 6.45) is 1.50. The van der Waals surface area contributed by atoms with Crippen molar-refractivity contribution in [2.45, 2.75) is 20.8 Å². The Morgan fingerprint density at radius 3 is 2.36 bits per heavy atom. The fourth-order valence-corrected chi connectivity index (χ4v) is 4.62. The molecule has 1 aliphatic heterocycles. The number of aryl methyl sites for hydroxylation is 2. The SMILES string of the molecule is Cc1cc(-n2c(C)cc(/C=C3\C(=O)NC(=O)N(c4ccc(Cl)cc4Cl)C3=O)c2C)ccc1I. The van der Waals surface area contributed by atoms with Gasteiger partial charge in [0.05, 0.1) is 10.7 Å². The lowest BCUT2D eigenvalue weighted by atomic mass is 10.1. The average molecular weight is 594 g/mol. The van der Waals surface area contributed by atoms with Crippen molar-refractivity contribution in [3.05, 3.63) is 84.2 Å². The fourth-order valence-electron chi connectivity index (χ4n) is 3.79. The molecule has 0 spiro atoms. The van der Waals surface area contributed by atoms with Crippen LogP contribution in [0.15, 0.2) is 48.0 Å². The molecule has 6 nitrogen and oxygen atoms in total. The molecule has 4 amide bonds. The first kappa shape index (κ1) is 23.5. The molecule has 0 unspecified atom stereocenters. The maximum Gasteiger partial charge on any atom is 0.335 e. The Hall–Kier alpha value is -2.62. The summed E-state index contributed by atoms with van der Waals surface area (Å²) in [5.74, 6) is -1.52.